The third-order valence-corrected chi connectivity index (χ3v) is 15.7. The van der Waals surface area contributed by atoms with Gasteiger partial charge in [0.2, 0.25) is 0 Å². The number of likely N-dealkylation sites (tertiary alicyclic amines) is 1. The molecule has 412 valence electrons. The molecule has 0 aromatic heterocycles. The largest absolute Gasteiger partial charge is 0.381 e. The minimum absolute atomic E-state index is 0.587. The first-order valence-electron chi connectivity index (χ1n) is 30.0. The van der Waals surface area contributed by atoms with Gasteiger partial charge in [-0.15, -0.1) is 0 Å². The van der Waals surface area contributed by atoms with Gasteiger partial charge in [-0.1, -0.05) is 167 Å². The van der Waals surface area contributed by atoms with Crippen molar-refractivity contribution in [3.05, 3.63) is 23.3 Å². The van der Waals surface area contributed by atoms with Gasteiger partial charge in [-0.2, -0.15) is 0 Å². The summed E-state index contributed by atoms with van der Waals surface area (Å²) in [4.78, 5) is 2.36. The molecule has 0 aromatic carbocycles. The second kappa shape index (κ2) is 49.5. The molecule has 10 rings (SSSR count). The van der Waals surface area contributed by atoms with Gasteiger partial charge < -0.3 is 28.6 Å². The van der Waals surface area contributed by atoms with Crippen LogP contribution in [0.4, 0.5) is 0 Å². The van der Waals surface area contributed by atoms with Gasteiger partial charge in [0, 0.05) is 47.8 Å². The quantitative estimate of drug-likeness (QED) is 0.263. The Bertz CT molecular complexity index is 1020. The van der Waals surface area contributed by atoms with Crippen LogP contribution >= 0.6 is 0 Å². The fraction of sp³-hybridized carbons (Fsp3) is 0.937. The maximum Gasteiger partial charge on any atom is 0.0571 e. The van der Waals surface area contributed by atoms with Crippen LogP contribution in [0.2, 0.25) is 0 Å². The molecule has 0 aromatic rings. The molecule has 6 nitrogen and oxygen atoms in total. The highest BCUT2D eigenvalue weighted by molar-refractivity contribution is 5.03. The molecule has 10 aliphatic rings. The molecule has 0 amide bonds. The smallest absolute Gasteiger partial charge is 0.0571 e. The highest BCUT2D eigenvalue weighted by atomic mass is 16.5. The summed E-state index contributed by atoms with van der Waals surface area (Å²) in [7, 11) is 7.57. The van der Waals surface area contributed by atoms with Crippen molar-refractivity contribution < 1.29 is 23.7 Å². The SMILES string of the molecule is CC1=CCCC1.CC1CCC1.CC1CCCC1.CC1CCCCC1.CC1CCOCC1.CC=C(C)C.CN1CCCC1.COC1CCC1.COC1CCCC1.COC1CCCCC1.C[C@H]1CCOC1. The predicted molar refractivity (Wildman–Crippen MR) is 304 cm³/mol. The van der Waals surface area contributed by atoms with Gasteiger partial charge in [0.15, 0.2) is 0 Å². The molecule has 3 heterocycles. The average molecular weight is 977 g/mol. The number of hydrogen-bond acceptors (Lipinski definition) is 6. The van der Waals surface area contributed by atoms with E-state index in [1.807, 2.05) is 14.0 Å². The Kier molecular flexibility index (Phi) is 48.9. The Labute approximate surface area is 433 Å². The van der Waals surface area contributed by atoms with E-state index >= 15 is 0 Å². The Balaban J connectivity index is 0.000000739. The highest BCUT2D eigenvalue weighted by Crippen LogP contribution is 2.25. The van der Waals surface area contributed by atoms with Crippen molar-refractivity contribution in [2.24, 2.45) is 29.6 Å². The van der Waals surface area contributed by atoms with E-state index in [0.29, 0.717) is 18.3 Å². The van der Waals surface area contributed by atoms with Gasteiger partial charge >= 0.3 is 0 Å². The molecule has 3 saturated heterocycles. The van der Waals surface area contributed by atoms with Crippen LogP contribution in [-0.4, -0.2) is 91.1 Å². The van der Waals surface area contributed by atoms with Gasteiger partial charge in [-0.25, -0.2) is 0 Å². The van der Waals surface area contributed by atoms with E-state index in [-0.39, 0.29) is 0 Å². The molecule has 0 bridgehead atoms. The van der Waals surface area contributed by atoms with Crippen LogP contribution in [0.5, 0.6) is 0 Å². The number of nitrogens with zero attached hydrogens (tertiary/aromatic N) is 1. The van der Waals surface area contributed by atoms with Crippen LogP contribution in [0, 0.1) is 29.6 Å². The summed E-state index contributed by atoms with van der Waals surface area (Å²) in [6.07, 6.45) is 50.7. The van der Waals surface area contributed by atoms with Crippen LogP contribution in [0.1, 0.15) is 268 Å². The van der Waals surface area contributed by atoms with Crippen molar-refractivity contribution in [2.75, 3.05) is 67.9 Å². The lowest BCUT2D eigenvalue weighted by molar-refractivity contribution is 0.0412. The normalized spacial score (nSPS) is 24.0. The molecular weight excluding hydrogens is 851 g/mol. The summed E-state index contributed by atoms with van der Waals surface area (Å²) in [5.74, 6) is 4.88. The van der Waals surface area contributed by atoms with E-state index in [4.69, 9.17) is 23.7 Å². The number of ether oxygens (including phenoxy) is 5. The van der Waals surface area contributed by atoms with Crippen LogP contribution in [0.15, 0.2) is 23.3 Å². The van der Waals surface area contributed by atoms with Crippen LogP contribution in [-0.2, 0) is 23.7 Å². The Hall–Kier alpha value is -0.760. The third kappa shape index (κ3) is 46.8. The number of allylic oxidation sites excluding steroid dienone is 4. The van der Waals surface area contributed by atoms with Gasteiger partial charge in [-0.3, -0.25) is 0 Å². The summed E-state index contributed by atoms with van der Waals surface area (Å²) in [6, 6.07) is 0. The van der Waals surface area contributed by atoms with Crippen LogP contribution < -0.4 is 0 Å². The summed E-state index contributed by atoms with van der Waals surface area (Å²) < 4.78 is 25.5. The monoisotopic (exact) mass is 976 g/mol. The van der Waals surface area contributed by atoms with E-state index in [9.17, 15) is 0 Å². The third-order valence-electron chi connectivity index (χ3n) is 15.7. The van der Waals surface area contributed by atoms with Crippen molar-refractivity contribution in [1.82, 2.24) is 4.90 Å². The molecule has 0 N–H and O–H groups in total. The average Bonchev–Trinajstić information content (AvgIpc) is 4.23. The molecule has 69 heavy (non-hydrogen) atoms. The number of hydrogen-bond donors (Lipinski definition) is 0. The molecule has 6 heteroatoms. The standard InChI is InChI=1S/C7H14O.C7H14.2C6H12O.C6H12.C6H10.C5H11N.2C5H10O.2C5H10/c1-8-7-5-3-2-4-6-7;1-7-5-3-2-4-6-7;1-6-2-4-7-5-3-6;1-7-6-4-2-3-5-6;3*1-6-4-2-3-5-6;1-5-2-3-6-4-5;1-6-5-3-2-4-5;1-5-3-2-4-5;1-4-5(2)3/h7H,2-6H2,1H3;7H,2-6H2,1H3;2*6H,2-5H2,1H3;6H,2-5H2,1H3;4H,2-3,5H2,1H3;2-5H2,1H3;2*5H,2-4H2,1H3;5H,2-4H2,1H3;4H,1-3H3/t;;;;;;;5-;;;/m.......0.../s1. The molecule has 0 spiro atoms. The fourth-order valence-corrected chi connectivity index (χ4v) is 9.25. The Morgan fingerprint density at radius 2 is 0.797 bits per heavy atom. The maximum atomic E-state index is 5.19. The summed E-state index contributed by atoms with van der Waals surface area (Å²) in [6.45, 7) is 26.5. The van der Waals surface area contributed by atoms with E-state index in [1.165, 1.54) is 224 Å². The van der Waals surface area contributed by atoms with E-state index in [2.05, 4.69) is 79.5 Å². The minimum atomic E-state index is 0.587. The van der Waals surface area contributed by atoms with Crippen molar-refractivity contribution in [1.29, 1.82) is 0 Å². The van der Waals surface area contributed by atoms with Crippen LogP contribution in [0.25, 0.3) is 0 Å². The molecular formula is C63H125NO5. The second-order valence-electron chi connectivity index (χ2n) is 23.2. The highest BCUT2D eigenvalue weighted by Gasteiger charge is 2.15. The first-order chi connectivity index (χ1) is 33.3. The molecule has 3 aliphatic heterocycles. The number of methoxy groups -OCH3 is 3. The van der Waals surface area contributed by atoms with Crippen molar-refractivity contribution in [2.45, 2.75) is 286 Å². The zero-order valence-corrected chi connectivity index (χ0v) is 49.1. The zero-order chi connectivity index (χ0) is 51.2. The predicted octanol–water partition coefficient (Wildman–Crippen LogP) is 18.6. The van der Waals surface area contributed by atoms with Crippen molar-refractivity contribution in [3.63, 3.8) is 0 Å². The Morgan fingerprint density at radius 1 is 0.464 bits per heavy atom. The topological polar surface area (TPSA) is 49.4 Å². The fourth-order valence-electron chi connectivity index (χ4n) is 9.25. The van der Waals surface area contributed by atoms with Gasteiger partial charge in [-0.05, 0) is 174 Å². The van der Waals surface area contributed by atoms with Gasteiger partial charge in [0.1, 0.15) is 0 Å². The second-order valence-corrected chi connectivity index (χ2v) is 23.2. The zero-order valence-electron chi connectivity index (χ0n) is 49.1. The van der Waals surface area contributed by atoms with Gasteiger partial charge in [0.25, 0.3) is 0 Å². The summed E-state index contributed by atoms with van der Waals surface area (Å²) in [5, 5.41) is 0. The molecule has 0 radical (unpaired) electrons. The van der Waals surface area contributed by atoms with E-state index in [1.54, 1.807) is 19.8 Å². The van der Waals surface area contributed by atoms with Crippen LogP contribution in [0.3, 0.4) is 0 Å². The van der Waals surface area contributed by atoms with E-state index < -0.39 is 0 Å². The van der Waals surface area contributed by atoms with Crippen molar-refractivity contribution >= 4 is 0 Å². The Morgan fingerprint density at radius 3 is 0.942 bits per heavy atom. The lowest BCUT2D eigenvalue weighted by atomic mass is 9.88. The van der Waals surface area contributed by atoms with Gasteiger partial charge in [0.05, 0.1) is 18.3 Å². The lowest BCUT2D eigenvalue weighted by Gasteiger charge is -2.22. The molecule has 9 fully saturated rings. The van der Waals surface area contributed by atoms with Crippen molar-refractivity contribution in [3.8, 4) is 0 Å². The molecule has 0 unspecified atom stereocenters. The minimum Gasteiger partial charge on any atom is -0.381 e. The molecule has 6 saturated carbocycles. The van der Waals surface area contributed by atoms with E-state index in [0.717, 1.165) is 56.0 Å². The molecule has 1 atom stereocenters. The summed E-state index contributed by atoms with van der Waals surface area (Å²) >= 11 is 0. The first kappa shape index (κ1) is 68.2. The number of rotatable bonds is 3. The summed E-state index contributed by atoms with van der Waals surface area (Å²) in [5.41, 5.74) is 2.96. The maximum absolute atomic E-state index is 5.19. The first-order valence-corrected chi connectivity index (χ1v) is 30.0. The lowest BCUT2D eigenvalue weighted by Crippen LogP contribution is -2.18. The molecule has 7 aliphatic carbocycles.